The van der Waals surface area contributed by atoms with Gasteiger partial charge in [-0.1, -0.05) is 23.7 Å². The smallest absolute Gasteiger partial charge is 0.435 e. The van der Waals surface area contributed by atoms with E-state index in [1.165, 1.54) is 30.5 Å². The summed E-state index contributed by atoms with van der Waals surface area (Å²) in [6, 6.07) is 6.61. The molecule has 1 heterocycles. The number of benzene rings is 1. The summed E-state index contributed by atoms with van der Waals surface area (Å²) in [5.74, 6) is -0.664. The van der Waals surface area contributed by atoms with Crippen molar-refractivity contribution in [3.8, 4) is 17.4 Å². The number of aliphatic hydroxyl groups is 1. The van der Waals surface area contributed by atoms with E-state index in [9.17, 15) is 13.2 Å². The van der Waals surface area contributed by atoms with E-state index in [1.807, 2.05) is 0 Å². The van der Waals surface area contributed by atoms with E-state index < -0.39 is 12.1 Å². The maximum Gasteiger partial charge on any atom is 0.573 e. The van der Waals surface area contributed by atoms with Crippen LogP contribution in [0.5, 0.6) is 17.4 Å². The van der Waals surface area contributed by atoms with E-state index in [2.05, 4.69) is 9.72 Å². The molecule has 0 spiro atoms. The van der Waals surface area contributed by atoms with Crippen LogP contribution in [-0.4, -0.2) is 16.5 Å². The Kier molecular flexibility index (Phi) is 4.54. The zero-order valence-electron chi connectivity index (χ0n) is 10.4. The van der Waals surface area contributed by atoms with Gasteiger partial charge < -0.3 is 14.6 Å². The standard InChI is InChI=1S/C13H9ClF3NO3/c14-9-6-18-12(5-8(9)7-19)20-10-3-1-2-4-11(10)21-13(15,16)17/h1-6,19H,7H2. The molecule has 0 saturated carbocycles. The van der Waals surface area contributed by atoms with Gasteiger partial charge in [-0.2, -0.15) is 0 Å². The van der Waals surface area contributed by atoms with Crippen LogP contribution in [0.1, 0.15) is 5.56 Å². The van der Waals surface area contributed by atoms with E-state index in [-0.39, 0.29) is 23.3 Å². The van der Waals surface area contributed by atoms with Crippen molar-refractivity contribution in [1.29, 1.82) is 0 Å². The maximum absolute atomic E-state index is 12.3. The van der Waals surface area contributed by atoms with Gasteiger partial charge in [-0.25, -0.2) is 4.98 Å². The predicted octanol–water partition coefficient (Wildman–Crippen LogP) is 3.92. The lowest BCUT2D eigenvalue weighted by Crippen LogP contribution is -2.17. The molecule has 0 bridgehead atoms. The Bertz CT molecular complexity index is 634. The second kappa shape index (κ2) is 6.19. The van der Waals surface area contributed by atoms with Gasteiger partial charge in [0.05, 0.1) is 11.6 Å². The van der Waals surface area contributed by atoms with Crippen LogP contribution in [-0.2, 0) is 6.61 Å². The summed E-state index contributed by atoms with van der Waals surface area (Å²) in [6.45, 7) is -0.349. The molecule has 1 aromatic heterocycles. The molecule has 2 aromatic rings. The van der Waals surface area contributed by atoms with E-state index >= 15 is 0 Å². The summed E-state index contributed by atoms with van der Waals surface area (Å²) in [6.07, 6.45) is -3.60. The highest BCUT2D eigenvalue weighted by molar-refractivity contribution is 6.31. The van der Waals surface area contributed by atoms with E-state index in [4.69, 9.17) is 21.4 Å². The van der Waals surface area contributed by atoms with Gasteiger partial charge in [0.2, 0.25) is 5.88 Å². The van der Waals surface area contributed by atoms with Gasteiger partial charge in [0.15, 0.2) is 11.5 Å². The molecular formula is C13H9ClF3NO3. The fraction of sp³-hybridized carbons (Fsp3) is 0.154. The molecule has 2 rings (SSSR count). The number of para-hydroxylation sites is 2. The first-order chi connectivity index (χ1) is 9.89. The highest BCUT2D eigenvalue weighted by atomic mass is 35.5. The van der Waals surface area contributed by atoms with Gasteiger partial charge in [-0.05, 0) is 12.1 Å². The van der Waals surface area contributed by atoms with Crippen molar-refractivity contribution in [3.63, 3.8) is 0 Å². The van der Waals surface area contributed by atoms with Crippen LogP contribution in [0.3, 0.4) is 0 Å². The summed E-state index contributed by atoms with van der Waals surface area (Å²) in [7, 11) is 0. The molecule has 4 nitrogen and oxygen atoms in total. The summed E-state index contributed by atoms with van der Waals surface area (Å²) in [5, 5.41) is 9.30. The average molecular weight is 320 g/mol. The van der Waals surface area contributed by atoms with Crippen LogP contribution in [0, 0.1) is 0 Å². The molecule has 21 heavy (non-hydrogen) atoms. The molecule has 0 aliphatic rings. The van der Waals surface area contributed by atoms with Crippen LogP contribution < -0.4 is 9.47 Å². The van der Waals surface area contributed by atoms with Gasteiger partial charge in [0.25, 0.3) is 0 Å². The van der Waals surface area contributed by atoms with Crippen molar-refractivity contribution < 1.29 is 27.8 Å². The van der Waals surface area contributed by atoms with Gasteiger partial charge in [-0.15, -0.1) is 13.2 Å². The SMILES string of the molecule is OCc1cc(Oc2ccccc2OC(F)(F)F)ncc1Cl. The van der Waals surface area contributed by atoms with Gasteiger partial charge in [0.1, 0.15) is 0 Å². The minimum Gasteiger partial charge on any atom is -0.435 e. The molecule has 0 atom stereocenters. The number of ether oxygens (including phenoxy) is 2. The normalized spacial score (nSPS) is 11.3. The van der Waals surface area contributed by atoms with Crippen molar-refractivity contribution >= 4 is 11.6 Å². The van der Waals surface area contributed by atoms with Crippen molar-refractivity contribution in [1.82, 2.24) is 4.98 Å². The molecule has 1 aromatic carbocycles. The van der Waals surface area contributed by atoms with Crippen molar-refractivity contribution in [2.24, 2.45) is 0 Å². The van der Waals surface area contributed by atoms with Crippen molar-refractivity contribution in [3.05, 3.63) is 47.1 Å². The quantitative estimate of drug-likeness (QED) is 0.928. The van der Waals surface area contributed by atoms with Crippen molar-refractivity contribution in [2.45, 2.75) is 13.0 Å². The number of halogens is 4. The first kappa shape index (κ1) is 15.4. The van der Waals surface area contributed by atoms with Gasteiger partial charge >= 0.3 is 6.36 Å². The van der Waals surface area contributed by atoms with Crippen LogP contribution in [0.4, 0.5) is 13.2 Å². The minimum atomic E-state index is -4.83. The molecule has 0 radical (unpaired) electrons. The number of nitrogens with zero attached hydrogens (tertiary/aromatic N) is 1. The molecule has 0 aliphatic heterocycles. The summed E-state index contributed by atoms with van der Waals surface area (Å²) < 4.78 is 46.0. The fourth-order valence-electron chi connectivity index (χ4n) is 1.49. The third-order valence-corrected chi connectivity index (χ3v) is 2.71. The number of aromatic nitrogens is 1. The average Bonchev–Trinajstić information content (AvgIpc) is 2.41. The van der Waals surface area contributed by atoms with E-state index in [0.29, 0.717) is 5.56 Å². The van der Waals surface area contributed by atoms with Crippen LogP contribution in [0.2, 0.25) is 5.02 Å². The van der Waals surface area contributed by atoms with Crippen LogP contribution in [0.15, 0.2) is 36.5 Å². The number of aliphatic hydroxyl groups excluding tert-OH is 1. The second-order valence-corrected chi connectivity index (χ2v) is 4.28. The predicted molar refractivity (Wildman–Crippen MR) is 68.4 cm³/mol. The lowest BCUT2D eigenvalue weighted by molar-refractivity contribution is -0.275. The summed E-state index contributed by atoms with van der Waals surface area (Å²) in [5.41, 5.74) is 0.343. The van der Waals surface area contributed by atoms with Gasteiger partial charge in [0, 0.05) is 17.8 Å². The van der Waals surface area contributed by atoms with Crippen molar-refractivity contribution in [2.75, 3.05) is 0 Å². The third kappa shape index (κ3) is 4.24. The molecular weight excluding hydrogens is 311 g/mol. The molecule has 0 amide bonds. The van der Waals surface area contributed by atoms with E-state index in [1.54, 1.807) is 0 Å². The Balaban J connectivity index is 2.27. The molecule has 8 heteroatoms. The Morgan fingerprint density at radius 3 is 2.48 bits per heavy atom. The molecule has 1 N–H and O–H groups in total. The molecule has 0 fully saturated rings. The Hall–Kier alpha value is -1.99. The van der Waals surface area contributed by atoms with Crippen LogP contribution >= 0.6 is 11.6 Å². The Labute approximate surface area is 122 Å². The lowest BCUT2D eigenvalue weighted by atomic mass is 10.3. The minimum absolute atomic E-state index is 0.0123. The van der Waals surface area contributed by atoms with Crippen LogP contribution in [0.25, 0.3) is 0 Å². The first-order valence-corrected chi connectivity index (χ1v) is 6.05. The highest BCUT2D eigenvalue weighted by Crippen LogP contribution is 2.34. The molecule has 0 aliphatic carbocycles. The van der Waals surface area contributed by atoms with Gasteiger partial charge in [-0.3, -0.25) is 0 Å². The highest BCUT2D eigenvalue weighted by Gasteiger charge is 2.32. The number of rotatable bonds is 4. The molecule has 0 saturated heterocycles. The summed E-state index contributed by atoms with van der Waals surface area (Å²) >= 11 is 5.77. The lowest BCUT2D eigenvalue weighted by Gasteiger charge is -2.13. The van der Waals surface area contributed by atoms with E-state index in [0.717, 1.165) is 6.07 Å². The third-order valence-electron chi connectivity index (χ3n) is 2.37. The number of alkyl halides is 3. The number of hydrogen-bond acceptors (Lipinski definition) is 4. The number of pyridine rings is 1. The maximum atomic E-state index is 12.3. The topological polar surface area (TPSA) is 51.6 Å². The zero-order valence-corrected chi connectivity index (χ0v) is 11.1. The molecule has 112 valence electrons. The zero-order chi connectivity index (χ0) is 15.5. The Morgan fingerprint density at radius 1 is 1.19 bits per heavy atom. The molecule has 0 unspecified atom stereocenters. The second-order valence-electron chi connectivity index (χ2n) is 3.87. The Morgan fingerprint density at radius 2 is 1.86 bits per heavy atom. The fourth-order valence-corrected chi connectivity index (χ4v) is 1.65. The first-order valence-electron chi connectivity index (χ1n) is 5.67. The monoisotopic (exact) mass is 319 g/mol. The summed E-state index contributed by atoms with van der Waals surface area (Å²) in [4.78, 5) is 3.82. The number of hydrogen-bond donors (Lipinski definition) is 1. The largest absolute Gasteiger partial charge is 0.573 e.